The lowest BCUT2D eigenvalue weighted by molar-refractivity contribution is -0.130. The van der Waals surface area contributed by atoms with Crippen molar-refractivity contribution in [1.82, 2.24) is 15.1 Å². The van der Waals surface area contributed by atoms with Crippen LogP contribution >= 0.6 is 23.2 Å². The van der Waals surface area contributed by atoms with Crippen molar-refractivity contribution in [3.05, 3.63) is 39.9 Å². The molecule has 2 amide bonds. The number of carbonyl (C=O) groups is 2. The van der Waals surface area contributed by atoms with Crippen LogP contribution in [0.4, 0.5) is 0 Å². The molecule has 0 atom stereocenters. The molecule has 2 saturated heterocycles. The van der Waals surface area contributed by atoms with Gasteiger partial charge in [0.1, 0.15) is 0 Å². The zero-order valence-corrected chi connectivity index (χ0v) is 17.9. The average Bonchev–Trinajstić information content (AvgIpc) is 2.91. The maximum atomic E-state index is 12.5. The molecule has 1 N–H and O–H groups in total. The van der Waals surface area contributed by atoms with E-state index >= 15 is 0 Å². The Morgan fingerprint density at radius 2 is 1.97 bits per heavy atom. The largest absolute Gasteiger partial charge is 0.381 e. The van der Waals surface area contributed by atoms with Crippen LogP contribution in [0.3, 0.4) is 0 Å². The van der Waals surface area contributed by atoms with Gasteiger partial charge in [-0.25, -0.2) is 0 Å². The molecule has 2 aliphatic heterocycles. The summed E-state index contributed by atoms with van der Waals surface area (Å²) in [5.74, 6) is -0.00593. The van der Waals surface area contributed by atoms with Crippen LogP contribution in [0.15, 0.2) is 24.3 Å². The van der Waals surface area contributed by atoms with E-state index in [2.05, 4.69) is 5.32 Å². The van der Waals surface area contributed by atoms with Crippen LogP contribution in [-0.4, -0.2) is 73.6 Å². The van der Waals surface area contributed by atoms with Crippen LogP contribution in [0.1, 0.15) is 24.8 Å². The number of carbonyl (C=O) groups excluding carboxylic acids is 2. The zero-order chi connectivity index (χ0) is 20.6. The van der Waals surface area contributed by atoms with E-state index in [-0.39, 0.29) is 11.8 Å². The number of hydrogen-bond acceptors (Lipinski definition) is 4. The zero-order valence-electron chi connectivity index (χ0n) is 16.4. The molecule has 1 aromatic rings. The van der Waals surface area contributed by atoms with E-state index in [1.807, 2.05) is 4.90 Å². The van der Waals surface area contributed by atoms with Gasteiger partial charge in [0.2, 0.25) is 11.8 Å². The highest BCUT2D eigenvalue weighted by Gasteiger charge is 2.23. The molecule has 0 aliphatic carbocycles. The average molecular weight is 440 g/mol. The number of amides is 2. The molecule has 2 aliphatic rings. The predicted octanol–water partition coefficient (Wildman–Crippen LogP) is 2.84. The minimum Gasteiger partial charge on any atom is -0.381 e. The molecule has 29 heavy (non-hydrogen) atoms. The Balaban J connectivity index is 1.47. The SMILES string of the molecule is O=C(/C=C/c1ccc(Cl)c(Cl)c1)N1CCC(=O)N(CCNC2CCOCC2)CC1. The second-order valence-electron chi connectivity index (χ2n) is 7.30. The summed E-state index contributed by atoms with van der Waals surface area (Å²) in [4.78, 5) is 28.5. The summed E-state index contributed by atoms with van der Waals surface area (Å²) >= 11 is 11.9. The van der Waals surface area contributed by atoms with Crippen molar-refractivity contribution in [2.75, 3.05) is 45.9 Å². The van der Waals surface area contributed by atoms with Gasteiger partial charge >= 0.3 is 0 Å². The summed E-state index contributed by atoms with van der Waals surface area (Å²) in [5, 5.41) is 4.43. The number of halogens is 2. The third-order valence-electron chi connectivity index (χ3n) is 5.30. The fourth-order valence-corrected chi connectivity index (χ4v) is 3.82. The predicted molar refractivity (Wildman–Crippen MR) is 115 cm³/mol. The minimum absolute atomic E-state index is 0.0996. The molecule has 158 valence electrons. The fourth-order valence-electron chi connectivity index (χ4n) is 3.52. The van der Waals surface area contributed by atoms with Crippen molar-refractivity contribution < 1.29 is 14.3 Å². The normalized spacial score (nSPS) is 19.0. The van der Waals surface area contributed by atoms with Gasteiger partial charge in [-0.05, 0) is 36.6 Å². The molecular formula is C21H27Cl2N3O3. The van der Waals surface area contributed by atoms with Crippen molar-refractivity contribution in [1.29, 1.82) is 0 Å². The van der Waals surface area contributed by atoms with Crippen molar-refractivity contribution in [3.63, 3.8) is 0 Å². The quantitative estimate of drug-likeness (QED) is 0.692. The number of hydrogen-bond donors (Lipinski definition) is 1. The van der Waals surface area contributed by atoms with Crippen LogP contribution in [0.5, 0.6) is 0 Å². The number of nitrogens with zero attached hydrogens (tertiary/aromatic N) is 2. The van der Waals surface area contributed by atoms with Crippen LogP contribution in [0.2, 0.25) is 10.0 Å². The highest BCUT2D eigenvalue weighted by molar-refractivity contribution is 6.42. The summed E-state index contributed by atoms with van der Waals surface area (Å²) in [7, 11) is 0. The lowest BCUT2D eigenvalue weighted by Gasteiger charge is -2.26. The molecule has 2 heterocycles. The number of rotatable bonds is 6. The molecule has 0 unspecified atom stereocenters. The molecule has 0 aromatic heterocycles. The Morgan fingerprint density at radius 3 is 2.72 bits per heavy atom. The summed E-state index contributed by atoms with van der Waals surface area (Å²) in [6.07, 6.45) is 5.62. The molecule has 6 nitrogen and oxygen atoms in total. The molecule has 2 fully saturated rings. The highest BCUT2D eigenvalue weighted by Crippen LogP contribution is 2.23. The van der Waals surface area contributed by atoms with Crippen molar-refractivity contribution in [2.24, 2.45) is 0 Å². The smallest absolute Gasteiger partial charge is 0.246 e. The van der Waals surface area contributed by atoms with E-state index in [0.29, 0.717) is 48.7 Å². The topological polar surface area (TPSA) is 61.9 Å². The lowest BCUT2D eigenvalue weighted by Crippen LogP contribution is -2.42. The van der Waals surface area contributed by atoms with Gasteiger partial charge in [-0.15, -0.1) is 0 Å². The summed E-state index contributed by atoms with van der Waals surface area (Å²) < 4.78 is 5.36. The van der Waals surface area contributed by atoms with Crippen LogP contribution in [-0.2, 0) is 14.3 Å². The van der Waals surface area contributed by atoms with Gasteiger partial charge in [0.05, 0.1) is 10.0 Å². The van der Waals surface area contributed by atoms with Crippen LogP contribution in [0.25, 0.3) is 6.08 Å². The van der Waals surface area contributed by atoms with Crippen LogP contribution < -0.4 is 5.32 Å². The Kier molecular flexibility index (Phi) is 8.36. The van der Waals surface area contributed by atoms with Gasteiger partial charge in [-0.3, -0.25) is 9.59 Å². The van der Waals surface area contributed by atoms with E-state index < -0.39 is 0 Å². The molecule has 0 spiro atoms. The summed E-state index contributed by atoms with van der Waals surface area (Å²) in [5.41, 5.74) is 0.805. The van der Waals surface area contributed by atoms with Gasteiger partial charge in [-0.2, -0.15) is 0 Å². The number of ether oxygens (including phenoxy) is 1. The lowest BCUT2D eigenvalue weighted by atomic mass is 10.1. The Morgan fingerprint density at radius 1 is 1.17 bits per heavy atom. The Labute approximate surface area is 181 Å². The van der Waals surface area contributed by atoms with Gasteiger partial charge < -0.3 is 19.9 Å². The first-order chi connectivity index (χ1) is 14.0. The van der Waals surface area contributed by atoms with E-state index in [1.54, 1.807) is 29.2 Å². The second kappa shape index (κ2) is 11.0. The summed E-state index contributed by atoms with van der Waals surface area (Å²) in [6, 6.07) is 5.69. The van der Waals surface area contributed by atoms with Crippen molar-refractivity contribution in [2.45, 2.75) is 25.3 Å². The van der Waals surface area contributed by atoms with E-state index in [9.17, 15) is 9.59 Å². The van der Waals surface area contributed by atoms with E-state index in [1.165, 1.54) is 6.08 Å². The van der Waals surface area contributed by atoms with E-state index in [0.717, 1.165) is 38.2 Å². The Hall–Kier alpha value is -1.60. The first-order valence-corrected chi connectivity index (χ1v) is 10.8. The summed E-state index contributed by atoms with van der Waals surface area (Å²) in [6.45, 7) is 4.56. The third kappa shape index (κ3) is 6.71. The molecule has 1 aromatic carbocycles. The van der Waals surface area contributed by atoms with Gasteiger partial charge in [0.25, 0.3) is 0 Å². The van der Waals surface area contributed by atoms with Crippen LogP contribution in [0, 0.1) is 0 Å². The standard InChI is InChI=1S/C21H27Cl2N3O3/c22-18-3-1-16(15-19(18)23)2-4-20(27)25-9-5-21(28)26(12-11-25)10-8-24-17-6-13-29-14-7-17/h1-4,15,17,24H,5-14H2/b4-2+. The number of nitrogens with one attached hydrogen (secondary N) is 1. The van der Waals surface area contributed by atoms with Gasteiger partial charge in [0, 0.05) is 64.5 Å². The molecule has 0 saturated carbocycles. The monoisotopic (exact) mass is 439 g/mol. The van der Waals surface area contributed by atoms with Gasteiger partial charge in [0.15, 0.2) is 0 Å². The first kappa shape index (κ1) is 22.1. The highest BCUT2D eigenvalue weighted by atomic mass is 35.5. The molecule has 3 rings (SSSR count). The minimum atomic E-state index is -0.106. The molecule has 0 bridgehead atoms. The van der Waals surface area contributed by atoms with E-state index in [4.69, 9.17) is 27.9 Å². The fraction of sp³-hybridized carbons (Fsp3) is 0.524. The molecule has 8 heteroatoms. The Bertz CT molecular complexity index is 751. The third-order valence-corrected chi connectivity index (χ3v) is 6.04. The first-order valence-electron chi connectivity index (χ1n) is 10.0. The van der Waals surface area contributed by atoms with Crippen molar-refractivity contribution in [3.8, 4) is 0 Å². The molecule has 0 radical (unpaired) electrons. The number of benzene rings is 1. The maximum Gasteiger partial charge on any atom is 0.246 e. The maximum absolute atomic E-state index is 12.5. The molecular weight excluding hydrogens is 413 g/mol. The second-order valence-corrected chi connectivity index (χ2v) is 8.12. The van der Waals surface area contributed by atoms with Crippen molar-refractivity contribution >= 4 is 41.1 Å². The van der Waals surface area contributed by atoms with Gasteiger partial charge in [-0.1, -0.05) is 29.3 Å².